The van der Waals surface area contributed by atoms with Gasteiger partial charge in [0.15, 0.2) is 17.3 Å². The van der Waals surface area contributed by atoms with E-state index in [0.29, 0.717) is 36.5 Å². The van der Waals surface area contributed by atoms with Crippen molar-refractivity contribution >= 4 is 11.8 Å². The third-order valence-corrected chi connectivity index (χ3v) is 7.26. The molecule has 3 aliphatic rings. The minimum atomic E-state index is -1.10. The van der Waals surface area contributed by atoms with E-state index in [4.69, 9.17) is 18.9 Å². The van der Waals surface area contributed by atoms with E-state index in [-0.39, 0.29) is 24.1 Å². The first-order chi connectivity index (χ1) is 14.6. The summed E-state index contributed by atoms with van der Waals surface area (Å²) in [5.41, 5.74) is -0.770. The molecule has 7 nitrogen and oxygen atoms in total. The van der Waals surface area contributed by atoms with E-state index >= 15 is 0 Å². The van der Waals surface area contributed by atoms with Crippen LogP contribution in [0.25, 0.3) is 0 Å². The van der Waals surface area contributed by atoms with Crippen molar-refractivity contribution in [3.05, 3.63) is 29.3 Å². The predicted octanol–water partition coefficient (Wildman–Crippen LogP) is 3.67. The largest absolute Gasteiger partial charge is 0.493 e. The van der Waals surface area contributed by atoms with Crippen LogP contribution in [-0.4, -0.2) is 42.5 Å². The number of hydrogen-bond acceptors (Lipinski definition) is 7. The molecule has 1 aromatic carbocycles. The molecule has 1 saturated carbocycles. The monoisotopic (exact) mass is 430 g/mol. The quantitative estimate of drug-likeness (QED) is 0.729. The summed E-state index contributed by atoms with van der Waals surface area (Å²) in [7, 11) is 1.49. The second-order valence-electron chi connectivity index (χ2n) is 9.46. The summed E-state index contributed by atoms with van der Waals surface area (Å²) in [6, 6.07) is 3.13. The van der Waals surface area contributed by atoms with Crippen molar-refractivity contribution in [3.8, 4) is 17.2 Å². The van der Waals surface area contributed by atoms with Crippen LogP contribution in [0.2, 0.25) is 0 Å². The average molecular weight is 430 g/mol. The molecule has 1 aromatic rings. The molecule has 4 rings (SSSR count). The molecule has 0 radical (unpaired) electrons. The normalized spacial score (nSPS) is 31.8. The summed E-state index contributed by atoms with van der Waals surface area (Å²) in [5, 5.41) is 11.6. The van der Waals surface area contributed by atoms with E-state index in [0.717, 1.165) is 5.57 Å². The Labute approximate surface area is 182 Å². The van der Waals surface area contributed by atoms with E-state index in [1.165, 1.54) is 7.11 Å². The maximum atomic E-state index is 13.2. The summed E-state index contributed by atoms with van der Waals surface area (Å²) in [6.45, 7) is 7.70. The fourth-order valence-corrected chi connectivity index (χ4v) is 5.42. The highest BCUT2D eigenvalue weighted by Crippen LogP contribution is 2.57. The lowest BCUT2D eigenvalue weighted by Crippen LogP contribution is -2.51. The molecule has 0 aromatic heterocycles. The van der Waals surface area contributed by atoms with Crippen molar-refractivity contribution in [3.63, 3.8) is 0 Å². The number of allylic oxidation sites excluding steroid dienone is 1. The van der Waals surface area contributed by atoms with Gasteiger partial charge >= 0.3 is 5.97 Å². The molecule has 0 spiro atoms. The van der Waals surface area contributed by atoms with Gasteiger partial charge in [-0.3, -0.25) is 4.79 Å². The summed E-state index contributed by atoms with van der Waals surface area (Å²) < 4.78 is 22.2. The van der Waals surface area contributed by atoms with Crippen LogP contribution in [0.5, 0.6) is 17.2 Å². The molecule has 31 heavy (non-hydrogen) atoms. The van der Waals surface area contributed by atoms with Gasteiger partial charge < -0.3 is 24.1 Å². The molecule has 1 N–H and O–H groups in total. The van der Waals surface area contributed by atoms with Crippen molar-refractivity contribution in [2.24, 2.45) is 17.3 Å². The molecule has 0 bridgehead atoms. The van der Waals surface area contributed by atoms with Gasteiger partial charge in [0.05, 0.1) is 18.3 Å². The highest BCUT2D eigenvalue weighted by Gasteiger charge is 2.62. The first kappa shape index (κ1) is 21.7. The van der Waals surface area contributed by atoms with E-state index < -0.39 is 29.0 Å². The first-order valence-electron chi connectivity index (χ1n) is 10.7. The Hall–Kier alpha value is -2.54. The highest BCUT2D eigenvalue weighted by atomic mass is 16.7. The molecule has 0 saturated heterocycles. The Morgan fingerprint density at radius 1 is 1.26 bits per heavy atom. The number of rotatable bonds is 4. The van der Waals surface area contributed by atoms with Crippen molar-refractivity contribution in [2.75, 3.05) is 13.9 Å². The lowest BCUT2D eigenvalue weighted by Gasteiger charge is -2.42. The average Bonchev–Trinajstić information content (AvgIpc) is 3.27. The van der Waals surface area contributed by atoms with Crippen molar-refractivity contribution in [1.29, 1.82) is 0 Å². The zero-order valence-corrected chi connectivity index (χ0v) is 18.7. The minimum Gasteiger partial charge on any atom is -0.493 e. The maximum absolute atomic E-state index is 13.2. The number of fused-ring (bicyclic) bond motifs is 2. The zero-order valence-electron chi connectivity index (χ0n) is 18.7. The highest BCUT2D eigenvalue weighted by molar-refractivity contribution is 5.96. The molecular weight excluding hydrogens is 400 g/mol. The van der Waals surface area contributed by atoms with Crippen LogP contribution in [0.1, 0.15) is 57.3 Å². The Balaban J connectivity index is 1.70. The number of esters is 1. The summed E-state index contributed by atoms with van der Waals surface area (Å²) >= 11 is 0. The number of carbonyl (C=O) groups excluding carboxylic acids is 2. The van der Waals surface area contributed by atoms with Gasteiger partial charge in [0.25, 0.3) is 0 Å². The molecule has 4 atom stereocenters. The Kier molecular flexibility index (Phi) is 5.28. The van der Waals surface area contributed by atoms with Crippen LogP contribution < -0.4 is 14.2 Å². The summed E-state index contributed by atoms with van der Waals surface area (Å²) in [4.78, 5) is 26.3. The van der Waals surface area contributed by atoms with E-state index in [1.54, 1.807) is 18.2 Å². The third-order valence-electron chi connectivity index (χ3n) is 7.26. The molecule has 0 amide bonds. The molecule has 4 unspecified atom stereocenters. The van der Waals surface area contributed by atoms with Crippen molar-refractivity contribution < 1.29 is 33.6 Å². The Bertz CT molecular complexity index is 949. The molecule has 2 aliphatic carbocycles. The number of aliphatic hydroxyl groups is 1. The number of benzene rings is 1. The lowest BCUT2D eigenvalue weighted by molar-refractivity contribution is -0.140. The van der Waals surface area contributed by atoms with Gasteiger partial charge in [-0.25, -0.2) is 4.79 Å². The van der Waals surface area contributed by atoms with Gasteiger partial charge in [0.1, 0.15) is 6.10 Å². The van der Waals surface area contributed by atoms with Crippen molar-refractivity contribution in [1.82, 2.24) is 0 Å². The number of methoxy groups -OCH3 is 1. The Morgan fingerprint density at radius 2 is 2.00 bits per heavy atom. The van der Waals surface area contributed by atoms with Gasteiger partial charge in [0, 0.05) is 17.8 Å². The standard InChI is InChI=1S/C24H30O7/c1-13(2)24(27)7-6-23(4)19(25)9-14(3)8-18(21(23)24)31-22(26)15-10-16(28-5)20-17(11-15)29-12-30-20/h9-11,13,18,21,27H,6-8,12H2,1-5H3. The van der Waals surface area contributed by atoms with Crippen LogP contribution >= 0.6 is 0 Å². The number of carbonyl (C=O) groups is 2. The van der Waals surface area contributed by atoms with Gasteiger partial charge in [0.2, 0.25) is 12.5 Å². The minimum absolute atomic E-state index is 0.00475. The topological polar surface area (TPSA) is 91.3 Å². The van der Waals surface area contributed by atoms with Crippen molar-refractivity contribution in [2.45, 2.75) is 58.7 Å². The van der Waals surface area contributed by atoms with E-state index in [1.807, 2.05) is 27.7 Å². The second kappa shape index (κ2) is 7.55. The third kappa shape index (κ3) is 3.39. The summed E-state index contributed by atoms with van der Waals surface area (Å²) in [5.74, 6) is 0.120. The summed E-state index contributed by atoms with van der Waals surface area (Å²) in [6.07, 6.45) is 2.47. The number of hydrogen-bond donors (Lipinski definition) is 1. The molecular formula is C24H30O7. The van der Waals surface area contributed by atoms with Crippen LogP contribution in [0.4, 0.5) is 0 Å². The maximum Gasteiger partial charge on any atom is 0.338 e. The molecule has 1 heterocycles. The van der Waals surface area contributed by atoms with Gasteiger partial charge in [-0.1, -0.05) is 26.3 Å². The first-order valence-corrected chi connectivity index (χ1v) is 10.7. The van der Waals surface area contributed by atoms with E-state index in [2.05, 4.69) is 0 Å². The SMILES string of the molecule is COc1cc(C(=O)OC2CC(C)=CC(=O)C3(C)CCC(O)(C(C)C)C23)cc2c1OCO2. The molecule has 1 aliphatic heterocycles. The van der Waals surface area contributed by atoms with Gasteiger partial charge in [-0.2, -0.15) is 0 Å². The number of ether oxygens (including phenoxy) is 4. The second-order valence-corrected chi connectivity index (χ2v) is 9.46. The fraction of sp³-hybridized carbons (Fsp3) is 0.583. The van der Waals surface area contributed by atoms with Gasteiger partial charge in [-0.05, 0) is 43.9 Å². The Morgan fingerprint density at radius 3 is 2.68 bits per heavy atom. The molecule has 168 valence electrons. The number of ketones is 1. The van der Waals surface area contributed by atoms with Crippen LogP contribution in [-0.2, 0) is 9.53 Å². The van der Waals surface area contributed by atoms with Crippen LogP contribution in [0.15, 0.2) is 23.8 Å². The lowest BCUT2D eigenvalue weighted by atomic mass is 9.67. The molecule has 1 fully saturated rings. The zero-order chi connectivity index (χ0) is 22.6. The van der Waals surface area contributed by atoms with Crippen LogP contribution in [0.3, 0.4) is 0 Å². The predicted molar refractivity (Wildman–Crippen MR) is 112 cm³/mol. The fourth-order valence-electron chi connectivity index (χ4n) is 5.42. The van der Waals surface area contributed by atoms with Crippen LogP contribution in [0, 0.1) is 17.3 Å². The van der Waals surface area contributed by atoms with E-state index in [9.17, 15) is 14.7 Å². The van der Waals surface area contributed by atoms with Gasteiger partial charge in [-0.15, -0.1) is 0 Å². The smallest absolute Gasteiger partial charge is 0.338 e. The molecule has 7 heteroatoms.